The van der Waals surface area contributed by atoms with Crippen LogP contribution in [0.4, 0.5) is 0 Å². The van der Waals surface area contributed by atoms with E-state index in [4.69, 9.17) is 16.3 Å². The van der Waals surface area contributed by atoms with Crippen LogP contribution in [0.15, 0.2) is 18.2 Å². The Balaban J connectivity index is 2.00. The summed E-state index contributed by atoms with van der Waals surface area (Å²) in [4.78, 5) is 0. The summed E-state index contributed by atoms with van der Waals surface area (Å²) in [6.45, 7) is 1.29. The number of ether oxygens (including phenoxy) is 1. The Morgan fingerprint density at radius 3 is 2.90 bits per heavy atom. The Hall–Kier alpha value is -0.820. The fraction of sp³-hybridized carbons (Fsp3) is 0.571. The molecule has 0 radical (unpaired) electrons. The third kappa shape index (κ3) is 4.32. The molecule has 1 aliphatic heterocycles. The zero-order chi connectivity index (χ0) is 15.5. The van der Waals surface area contributed by atoms with Crippen LogP contribution in [-0.2, 0) is 16.6 Å². The van der Waals surface area contributed by atoms with Gasteiger partial charge in [-0.25, -0.2) is 12.7 Å². The highest BCUT2D eigenvalue weighted by molar-refractivity contribution is 7.88. The molecule has 1 heterocycles. The second kappa shape index (κ2) is 6.96. The quantitative estimate of drug-likeness (QED) is 0.893. The first-order valence-electron chi connectivity index (χ1n) is 6.88. The Morgan fingerprint density at radius 2 is 2.24 bits per heavy atom. The first-order valence-corrected chi connectivity index (χ1v) is 9.10. The summed E-state index contributed by atoms with van der Waals surface area (Å²) < 4.78 is 30.4. The standard InChI is InChI=1S/C14H20ClNO4S/c1-21(18,19)16-7-3-4-11(8-16)10-20-14-12(9-17)5-2-6-13(14)15/h2,5-6,11,17H,3-4,7-10H2,1H3. The summed E-state index contributed by atoms with van der Waals surface area (Å²) in [7, 11) is -3.15. The third-order valence-corrected chi connectivity index (χ3v) is 5.20. The Kier molecular flexibility index (Phi) is 5.48. The number of aliphatic hydroxyl groups is 1. The van der Waals surface area contributed by atoms with E-state index < -0.39 is 10.0 Å². The summed E-state index contributed by atoms with van der Waals surface area (Å²) in [6, 6.07) is 5.22. The molecule has 1 atom stereocenters. The van der Waals surface area contributed by atoms with Crippen molar-refractivity contribution in [1.29, 1.82) is 0 Å². The van der Waals surface area contributed by atoms with E-state index >= 15 is 0 Å². The lowest BCUT2D eigenvalue weighted by Gasteiger charge is -2.31. The van der Waals surface area contributed by atoms with Gasteiger partial charge in [0, 0.05) is 24.6 Å². The minimum absolute atomic E-state index is 0.135. The van der Waals surface area contributed by atoms with E-state index in [1.54, 1.807) is 18.2 Å². The zero-order valence-corrected chi connectivity index (χ0v) is 13.5. The largest absolute Gasteiger partial charge is 0.491 e. The molecule has 1 aliphatic rings. The van der Waals surface area contributed by atoms with Crippen LogP contribution < -0.4 is 4.74 Å². The molecule has 5 nitrogen and oxygen atoms in total. The van der Waals surface area contributed by atoms with Crippen LogP contribution in [0, 0.1) is 5.92 Å². The van der Waals surface area contributed by atoms with Gasteiger partial charge in [0.1, 0.15) is 5.75 Å². The fourth-order valence-corrected chi connectivity index (χ4v) is 3.70. The number of para-hydroxylation sites is 1. The molecule has 1 unspecified atom stereocenters. The summed E-state index contributed by atoms with van der Waals surface area (Å²) in [5.74, 6) is 0.620. The van der Waals surface area contributed by atoms with Gasteiger partial charge in [-0.1, -0.05) is 23.7 Å². The van der Waals surface area contributed by atoms with Crippen LogP contribution in [0.3, 0.4) is 0 Å². The molecule has 1 N–H and O–H groups in total. The molecular formula is C14H20ClNO4S. The van der Waals surface area contributed by atoms with Gasteiger partial charge in [-0.3, -0.25) is 0 Å². The van der Waals surface area contributed by atoms with Gasteiger partial charge >= 0.3 is 0 Å². The maximum atomic E-state index is 11.6. The molecule has 0 amide bonds. The van der Waals surface area contributed by atoms with E-state index in [0.717, 1.165) is 12.8 Å². The highest BCUT2D eigenvalue weighted by atomic mass is 35.5. The van der Waals surface area contributed by atoms with Crippen molar-refractivity contribution in [2.75, 3.05) is 26.0 Å². The zero-order valence-electron chi connectivity index (χ0n) is 12.0. The van der Waals surface area contributed by atoms with E-state index in [-0.39, 0.29) is 12.5 Å². The number of halogens is 1. The number of piperidine rings is 1. The maximum absolute atomic E-state index is 11.6. The van der Waals surface area contributed by atoms with Crippen molar-refractivity contribution in [3.8, 4) is 5.75 Å². The summed E-state index contributed by atoms with van der Waals surface area (Å²) in [5.41, 5.74) is 0.637. The SMILES string of the molecule is CS(=O)(=O)N1CCCC(COc2c(Cl)cccc2CO)C1. The molecule has 21 heavy (non-hydrogen) atoms. The minimum Gasteiger partial charge on any atom is -0.491 e. The summed E-state index contributed by atoms with van der Waals surface area (Å²) in [6.07, 6.45) is 2.98. The lowest BCUT2D eigenvalue weighted by molar-refractivity contribution is 0.177. The molecule has 7 heteroatoms. The molecule has 0 spiro atoms. The normalized spacial score (nSPS) is 20.4. The van der Waals surface area contributed by atoms with Crippen molar-refractivity contribution < 1.29 is 18.3 Å². The molecule has 1 aromatic rings. The summed E-state index contributed by atoms with van der Waals surface area (Å²) in [5, 5.41) is 9.76. The van der Waals surface area contributed by atoms with Crippen molar-refractivity contribution in [3.05, 3.63) is 28.8 Å². The molecular weight excluding hydrogens is 314 g/mol. The van der Waals surface area contributed by atoms with Crippen LogP contribution in [0.5, 0.6) is 5.75 Å². The van der Waals surface area contributed by atoms with Gasteiger partial charge in [0.2, 0.25) is 10.0 Å². The second-order valence-electron chi connectivity index (χ2n) is 5.33. The number of benzene rings is 1. The van der Waals surface area contributed by atoms with Crippen LogP contribution >= 0.6 is 11.6 Å². The van der Waals surface area contributed by atoms with Gasteiger partial charge in [-0.05, 0) is 18.9 Å². The Morgan fingerprint density at radius 1 is 1.48 bits per heavy atom. The first-order chi connectivity index (χ1) is 9.91. The van der Waals surface area contributed by atoms with E-state index in [1.165, 1.54) is 10.6 Å². The predicted octanol–water partition coefficient (Wildman–Crippen LogP) is 1.88. The average Bonchev–Trinajstić information content (AvgIpc) is 2.45. The van der Waals surface area contributed by atoms with Gasteiger partial charge in [-0.2, -0.15) is 0 Å². The van der Waals surface area contributed by atoms with Gasteiger partial charge in [0.15, 0.2) is 0 Å². The fourth-order valence-electron chi connectivity index (χ4n) is 2.50. The van der Waals surface area contributed by atoms with Gasteiger partial charge in [-0.15, -0.1) is 0 Å². The van der Waals surface area contributed by atoms with E-state index in [2.05, 4.69) is 0 Å². The molecule has 1 aromatic carbocycles. The number of sulfonamides is 1. The van der Waals surface area contributed by atoms with E-state index in [9.17, 15) is 13.5 Å². The number of hydrogen-bond donors (Lipinski definition) is 1. The van der Waals surface area contributed by atoms with Crippen molar-refractivity contribution in [2.24, 2.45) is 5.92 Å². The van der Waals surface area contributed by atoms with Gasteiger partial charge in [0.05, 0.1) is 24.5 Å². The lowest BCUT2D eigenvalue weighted by atomic mass is 10.0. The minimum atomic E-state index is -3.15. The van der Waals surface area contributed by atoms with Crippen LogP contribution in [0.1, 0.15) is 18.4 Å². The highest BCUT2D eigenvalue weighted by Gasteiger charge is 2.26. The average molecular weight is 334 g/mol. The number of hydrogen-bond acceptors (Lipinski definition) is 4. The number of aliphatic hydroxyl groups excluding tert-OH is 1. The molecule has 0 aliphatic carbocycles. The Bertz CT molecular complexity index is 591. The second-order valence-corrected chi connectivity index (χ2v) is 7.72. The first kappa shape index (κ1) is 16.5. The lowest BCUT2D eigenvalue weighted by Crippen LogP contribution is -2.41. The molecule has 0 aromatic heterocycles. The Labute approximate surface area is 130 Å². The number of rotatable bonds is 5. The van der Waals surface area contributed by atoms with Crippen LogP contribution in [-0.4, -0.2) is 43.8 Å². The molecule has 0 saturated carbocycles. The van der Waals surface area contributed by atoms with Crippen molar-refractivity contribution in [1.82, 2.24) is 4.31 Å². The van der Waals surface area contributed by atoms with Crippen LogP contribution in [0.25, 0.3) is 0 Å². The van der Waals surface area contributed by atoms with Crippen molar-refractivity contribution in [2.45, 2.75) is 19.4 Å². The smallest absolute Gasteiger partial charge is 0.211 e. The van der Waals surface area contributed by atoms with Crippen LogP contribution in [0.2, 0.25) is 5.02 Å². The maximum Gasteiger partial charge on any atom is 0.211 e. The van der Waals surface area contributed by atoms with Gasteiger partial charge in [0.25, 0.3) is 0 Å². The van der Waals surface area contributed by atoms with E-state index in [0.29, 0.717) is 36.0 Å². The van der Waals surface area contributed by atoms with Gasteiger partial charge < -0.3 is 9.84 Å². The molecule has 2 rings (SSSR count). The molecule has 0 bridgehead atoms. The topological polar surface area (TPSA) is 66.8 Å². The number of nitrogens with zero attached hydrogens (tertiary/aromatic N) is 1. The monoisotopic (exact) mass is 333 g/mol. The predicted molar refractivity (Wildman–Crippen MR) is 82.0 cm³/mol. The molecule has 1 saturated heterocycles. The van der Waals surface area contributed by atoms with Crippen molar-refractivity contribution in [3.63, 3.8) is 0 Å². The summed E-state index contributed by atoms with van der Waals surface area (Å²) >= 11 is 6.08. The van der Waals surface area contributed by atoms with E-state index in [1.807, 2.05) is 0 Å². The molecule has 118 valence electrons. The highest BCUT2D eigenvalue weighted by Crippen LogP contribution is 2.30. The van der Waals surface area contributed by atoms with Crippen molar-refractivity contribution >= 4 is 21.6 Å². The third-order valence-electron chi connectivity index (χ3n) is 3.63. The molecule has 1 fully saturated rings.